The zero-order chi connectivity index (χ0) is 15.0. The Morgan fingerprint density at radius 3 is 2.57 bits per heavy atom. The summed E-state index contributed by atoms with van der Waals surface area (Å²) in [5, 5.41) is 10.2. The van der Waals surface area contributed by atoms with Crippen molar-refractivity contribution in [3.63, 3.8) is 0 Å². The van der Waals surface area contributed by atoms with E-state index in [-0.39, 0.29) is 11.7 Å². The van der Waals surface area contributed by atoms with Gasteiger partial charge in [0.15, 0.2) is 0 Å². The fourth-order valence-electron chi connectivity index (χ4n) is 2.27. The number of amides is 1. The number of para-hydroxylation sites is 1. The third-order valence-corrected chi connectivity index (χ3v) is 3.46. The molecule has 5 heteroatoms. The average molecular weight is 281 g/mol. The highest BCUT2D eigenvalue weighted by Crippen LogP contribution is 2.23. The number of anilines is 2. The van der Waals surface area contributed by atoms with E-state index in [9.17, 15) is 9.90 Å². The molecule has 21 heavy (non-hydrogen) atoms. The van der Waals surface area contributed by atoms with Crippen molar-refractivity contribution in [1.82, 2.24) is 4.98 Å². The number of carbonyl (C=O) groups is 1. The van der Waals surface area contributed by atoms with Gasteiger partial charge in [-0.3, -0.25) is 4.79 Å². The van der Waals surface area contributed by atoms with Gasteiger partial charge in [0.05, 0.1) is 11.2 Å². The summed E-state index contributed by atoms with van der Waals surface area (Å²) in [6.07, 6.45) is 0. The average Bonchev–Trinajstić information content (AvgIpc) is 2.92. The standard InChI is InChI=1S/C16H15N3O2/c1-19(11-5-7-12(20)8-6-11)16(21)14-9-10-3-2-4-13(17)15(10)18-14/h2-9,18,20H,17H2,1H3. The summed E-state index contributed by atoms with van der Waals surface area (Å²) in [7, 11) is 1.68. The summed E-state index contributed by atoms with van der Waals surface area (Å²) in [4.78, 5) is 17.1. The molecule has 0 aliphatic heterocycles. The molecule has 0 spiro atoms. The van der Waals surface area contributed by atoms with E-state index in [0.29, 0.717) is 17.1 Å². The van der Waals surface area contributed by atoms with Crippen LogP contribution < -0.4 is 10.6 Å². The molecule has 0 aliphatic rings. The minimum atomic E-state index is -0.170. The van der Waals surface area contributed by atoms with Crippen molar-refractivity contribution in [2.24, 2.45) is 0 Å². The zero-order valence-electron chi connectivity index (χ0n) is 11.5. The second-order valence-electron chi connectivity index (χ2n) is 4.88. The Morgan fingerprint density at radius 1 is 1.19 bits per heavy atom. The molecule has 0 bridgehead atoms. The van der Waals surface area contributed by atoms with Crippen molar-refractivity contribution in [3.8, 4) is 5.75 Å². The Hall–Kier alpha value is -2.95. The number of phenolic OH excluding ortho intramolecular Hbond substituents is 1. The summed E-state index contributed by atoms with van der Waals surface area (Å²) in [5.41, 5.74) is 8.43. The normalized spacial score (nSPS) is 10.7. The Morgan fingerprint density at radius 2 is 1.90 bits per heavy atom. The lowest BCUT2D eigenvalue weighted by Gasteiger charge is -2.16. The van der Waals surface area contributed by atoms with E-state index in [4.69, 9.17) is 5.73 Å². The number of nitrogens with one attached hydrogen (secondary N) is 1. The van der Waals surface area contributed by atoms with Crippen LogP contribution in [-0.2, 0) is 0 Å². The molecule has 106 valence electrons. The van der Waals surface area contributed by atoms with Gasteiger partial charge >= 0.3 is 0 Å². The molecule has 1 amide bonds. The first-order chi connectivity index (χ1) is 10.1. The van der Waals surface area contributed by atoms with Crippen molar-refractivity contribution in [2.45, 2.75) is 0 Å². The number of H-pyrrole nitrogens is 1. The fourth-order valence-corrected chi connectivity index (χ4v) is 2.27. The number of benzene rings is 2. The number of phenols is 1. The summed E-state index contributed by atoms with van der Waals surface area (Å²) in [5.74, 6) is -0.00530. The van der Waals surface area contributed by atoms with Gasteiger partial charge in [-0.15, -0.1) is 0 Å². The highest BCUT2D eigenvalue weighted by molar-refractivity contribution is 6.08. The Kier molecular flexibility index (Phi) is 3.02. The molecular formula is C16H15N3O2. The minimum absolute atomic E-state index is 0.165. The van der Waals surface area contributed by atoms with Crippen molar-refractivity contribution in [3.05, 3.63) is 54.2 Å². The zero-order valence-corrected chi connectivity index (χ0v) is 11.5. The minimum Gasteiger partial charge on any atom is -0.508 e. The van der Waals surface area contributed by atoms with Gasteiger partial charge in [0, 0.05) is 18.1 Å². The quantitative estimate of drug-likeness (QED) is 0.632. The number of nitrogen functional groups attached to an aromatic ring is 1. The van der Waals surface area contributed by atoms with E-state index in [1.807, 2.05) is 12.1 Å². The third kappa shape index (κ3) is 2.29. The number of aromatic amines is 1. The molecule has 3 aromatic rings. The number of nitrogens with two attached hydrogens (primary N) is 1. The summed E-state index contributed by atoms with van der Waals surface area (Å²) in [6, 6.07) is 13.8. The second-order valence-corrected chi connectivity index (χ2v) is 4.88. The maximum atomic E-state index is 12.5. The summed E-state index contributed by atoms with van der Waals surface area (Å²) in [6.45, 7) is 0. The lowest BCUT2D eigenvalue weighted by Crippen LogP contribution is -2.26. The van der Waals surface area contributed by atoms with Crippen LogP contribution in [0.5, 0.6) is 5.75 Å². The highest BCUT2D eigenvalue weighted by Gasteiger charge is 2.16. The third-order valence-electron chi connectivity index (χ3n) is 3.46. The molecule has 0 fully saturated rings. The van der Waals surface area contributed by atoms with Crippen LogP contribution in [0.15, 0.2) is 48.5 Å². The Balaban J connectivity index is 1.96. The molecule has 0 unspecified atom stereocenters. The van der Waals surface area contributed by atoms with Crippen LogP contribution in [0.1, 0.15) is 10.5 Å². The smallest absolute Gasteiger partial charge is 0.274 e. The molecule has 0 atom stereocenters. The largest absolute Gasteiger partial charge is 0.508 e. The lowest BCUT2D eigenvalue weighted by molar-refractivity contribution is 0.0989. The molecule has 1 heterocycles. The fraction of sp³-hybridized carbons (Fsp3) is 0.0625. The molecule has 2 aromatic carbocycles. The SMILES string of the molecule is CN(C(=O)c1cc2cccc(N)c2[nH]1)c1ccc(O)cc1. The van der Waals surface area contributed by atoms with E-state index in [1.54, 1.807) is 43.4 Å². The monoisotopic (exact) mass is 281 g/mol. The van der Waals surface area contributed by atoms with Crippen LogP contribution in [0.2, 0.25) is 0 Å². The molecule has 0 saturated carbocycles. The van der Waals surface area contributed by atoms with E-state index < -0.39 is 0 Å². The number of aromatic nitrogens is 1. The molecule has 5 nitrogen and oxygen atoms in total. The van der Waals surface area contributed by atoms with Gasteiger partial charge in [-0.1, -0.05) is 12.1 Å². The van der Waals surface area contributed by atoms with Crippen LogP contribution in [0.3, 0.4) is 0 Å². The molecule has 0 aliphatic carbocycles. The summed E-state index contributed by atoms with van der Waals surface area (Å²) < 4.78 is 0. The number of fused-ring (bicyclic) bond motifs is 1. The predicted molar refractivity (Wildman–Crippen MR) is 83.6 cm³/mol. The van der Waals surface area contributed by atoms with E-state index in [0.717, 1.165) is 10.9 Å². The maximum Gasteiger partial charge on any atom is 0.274 e. The van der Waals surface area contributed by atoms with Crippen molar-refractivity contribution < 1.29 is 9.90 Å². The van der Waals surface area contributed by atoms with Crippen LogP contribution in [0.25, 0.3) is 10.9 Å². The first-order valence-corrected chi connectivity index (χ1v) is 6.50. The number of aromatic hydroxyl groups is 1. The highest BCUT2D eigenvalue weighted by atomic mass is 16.3. The first-order valence-electron chi connectivity index (χ1n) is 6.50. The van der Waals surface area contributed by atoms with Gasteiger partial charge in [-0.25, -0.2) is 0 Å². The van der Waals surface area contributed by atoms with Gasteiger partial charge in [0.25, 0.3) is 5.91 Å². The number of hydrogen-bond donors (Lipinski definition) is 3. The number of hydrogen-bond acceptors (Lipinski definition) is 3. The Labute approximate surface area is 121 Å². The molecule has 3 rings (SSSR count). The first kappa shape index (κ1) is 13.1. The molecular weight excluding hydrogens is 266 g/mol. The summed E-state index contributed by atoms with van der Waals surface area (Å²) >= 11 is 0. The predicted octanol–water partition coefficient (Wildman–Crippen LogP) is 2.73. The van der Waals surface area contributed by atoms with Crippen molar-refractivity contribution in [2.75, 3.05) is 17.7 Å². The number of rotatable bonds is 2. The molecule has 1 aromatic heterocycles. The molecule has 0 radical (unpaired) electrons. The Bertz CT molecular complexity index is 806. The maximum absolute atomic E-state index is 12.5. The molecule has 0 saturated heterocycles. The van der Waals surface area contributed by atoms with Gasteiger partial charge in [-0.2, -0.15) is 0 Å². The lowest BCUT2D eigenvalue weighted by atomic mass is 10.2. The van der Waals surface area contributed by atoms with Crippen molar-refractivity contribution in [1.29, 1.82) is 0 Å². The van der Waals surface area contributed by atoms with E-state index in [1.165, 1.54) is 4.90 Å². The van der Waals surface area contributed by atoms with Gasteiger partial charge in [-0.05, 0) is 36.4 Å². The van der Waals surface area contributed by atoms with Crippen LogP contribution in [0.4, 0.5) is 11.4 Å². The second kappa shape index (κ2) is 4.86. The van der Waals surface area contributed by atoms with E-state index >= 15 is 0 Å². The van der Waals surface area contributed by atoms with Gasteiger partial charge in [0.1, 0.15) is 11.4 Å². The van der Waals surface area contributed by atoms with Crippen LogP contribution >= 0.6 is 0 Å². The van der Waals surface area contributed by atoms with Crippen LogP contribution in [0, 0.1) is 0 Å². The number of carbonyl (C=O) groups excluding carboxylic acids is 1. The van der Waals surface area contributed by atoms with Gasteiger partial charge in [0.2, 0.25) is 0 Å². The van der Waals surface area contributed by atoms with E-state index in [2.05, 4.69) is 4.98 Å². The van der Waals surface area contributed by atoms with Gasteiger partial charge < -0.3 is 20.7 Å². The molecule has 4 N–H and O–H groups in total. The number of nitrogens with zero attached hydrogens (tertiary/aromatic N) is 1. The van der Waals surface area contributed by atoms with Crippen LogP contribution in [-0.4, -0.2) is 23.0 Å². The topological polar surface area (TPSA) is 82.3 Å². The van der Waals surface area contributed by atoms with Crippen molar-refractivity contribution >= 4 is 28.2 Å².